The molecule has 0 aliphatic heterocycles. The summed E-state index contributed by atoms with van der Waals surface area (Å²) in [5.74, 6) is 0.218. The number of para-hydroxylation sites is 1. The predicted molar refractivity (Wildman–Crippen MR) is 70.4 cm³/mol. The highest BCUT2D eigenvalue weighted by Gasteiger charge is 2.15. The first-order valence-electron chi connectivity index (χ1n) is 6.57. The van der Waals surface area contributed by atoms with E-state index in [1.54, 1.807) is 18.2 Å². The largest absolute Gasteiger partial charge is 0.508 e. The Kier molecular flexibility index (Phi) is 4.45. The van der Waals surface area contributed by atoms with Crippen LogP contribution >= 0.6 is 0 Å². The summed E-state index contributed by atoms with van der Waals surface area (Å²) >= 11 is 0. The van der Waals surface area contributed by atoms with E-state index in [0.29, 0.717) is 12.6 Å². The summed E-state index contributed by atoms with van der Waals surface area (Å²) in [7, 11) is 0. The third kappa shape index (κ3) is 3.65. The minimum absolute atomic E-state index is 0.148. The van der Waals surface area contributed by atoms with Gasteiger partial charge in [-0.05, 0) is 18.9 Å². The molecule has 4 heteroatoms. The molecule has 0 bridgehead atoms. The molecule has 1 aliphatic rings. The molecular weight excluding hydrogens is 228 g/mol. The number of phenols is 1. The lowest BCUT2D eigenvalue weighted by Crippen LogP contribution is -2.42. The van der Waals surface area contributed by atoms with Crippen LogP contribution in [0.25, 0.3) is 0 Å². The molecule has 1 fully saturated rings. The molecule has 1 saturated carbocycles. The molecule has 1 aromatic carbocycles. The molecule has 0 heterocycles. The first kappa shape index (κ1) is 12.7. The Balaban J connectivity index is 1.76. The monoisotopic (exact) mass is 248 g/mol. The van der Waals surface area contributed by atoms with Gasteiger partial charge in [0.1, 0.15) is 5.75 Å². The number of rotatable bonds is 3. The average Bonchev–Trinajstić information content (AvgIpc) is 2.39. The number of carbonyl (C=O) groups excluding carboxylic acids is 1. The topological polar surface area (TPSA) is 61.4 Å². The third-order valence-electron chi connectivity index (χ3n) is 3.37. The molecule has 0 saturated heterocycles. The van der Waals surface area contributed by atoms with Crippen LogP contribution in [-0.4, -0.2) is 17.2 Å². The number of amides is 2. The molecule has 0 aromatic heterocycles. The van der Waals surface area contributed by atoms with Gasteiger partial charge in [0.2, 0.25) is 0 Å². The van der Waals surface area contributed by atoms with Crippen molar-refractivity contribution in [3.8, 4) is 5.75 Å². The van der Waals surface area contributed by atoms with E-state index in [9.17, 15) is 9.90 Å². The summed E-state index contributed by atoms with van der Waals surface area (Å²) in [4.78, 5) is 11.7. The zero-order chi connectivity index (χ0) is 12.8. The maximum absolute atomic E-state index is 11.7. The molecule has 2 amide bonds. The second-order valence-corrected chi connectivity index (χ2v) is 4.79. The first-order valence-corrected chi connectivity index (χ1v) is 6.57. The fraction of sp³-hybridized carbons (Fsp3) is 0.500. The average molecular weight is 248 g/mol. The minimum atomic E-state index is -0.148. The van der Waals surface area contributed by atoms with Gasteiger partial charge in [0.15, 0.2) is 0 Å². The molecule has 3 N–H and O–H groups in total. The van der Waals surface area contributed by atoms with Crippen molar-refractivity contribution < 1.29 is 9.90 Å². The van der Waals surface area contributed by atoms with E-state index < -0.39 is 0 Å². The van der Waals surface area contributed by atoms with Crippen molar-refractivity contribution in [2.75, 3.05) is 0 Å². The van der Waals surface area contributed by atoms with Crippen molar-refractivity contribution in [3.05, 3.63) is 29.8 Å². The highest BCUT2D eigenvalue weighted by atomic mass is 16.3. The van der Waals surface area contributed by atoms with E-state index >= 15 is 0 Å². The molecule has 0 radical (unpaired) electrons. The second kappa shape index (κ2) is 6.28. The van der Waals surface area contributed by atoms with Crippen molar-refractivity contribution in [1.82, 2.24) is 10.6 Å². The van der Waals surface area contributed by atoms with Crippen LogP contribution in [0.2, 0.25) is 0 Å². The number of benzene rings is 1. The lowest BCUT2D eigenvalue weighted by Gasteiger charge is -2.22. The molecule has 98 valence electrons. The Morgan fingerprint density at radius 1 is 1.22 bits per heavy atom. The van der Waals surface area contributed by atoms with Crippen molar-refractivity contribution >= 4 is 6.03 Å². The number of urea groups is 1. The molecule has 4 nitrogen and oxygen atoms in total. The van der Waals surface area contributed by atoms with Crippen LogP contribution in [0.3, 0.4) is 0 Å². The summed E-state index contributed by atoms with van der Waals surface area (Å²) < 4.78 is 0. The summed E-state index contributed by atoms with van der Waals surface area (Å²) in [6, 6.07) is 7.19. The van der Waals surface area contributed by atoms with Crippen LogP contribution in [0, 0.1) is 0 Å². The normalized spacial score (nSPS) is 16.2. The molecule has 0 spiro atoms. The molecular formula is C14H20N2O2. The SMILES string of the molecule is O=C(NCc1ccccc1O)NC1CCCCC1. The van der Waals surface area contributed by atoms with E-state index in [2.05, 4.69) is 10.6 Å². The maximum Gasteiger partial charge on any atom is 0.315 e. The van der Waals surface area contributed by atoms with Gasteiger partial charge in [-0.1, -0.05) is 37.5 Å². The lowest BCUT2D eigenvalue weighted by atomic mass is 9.96. The number of aromatic hydroxyl groups is 1. The van der Waals surface area contributed by atoms with Crippen molar-refractivity contribution in [2.24, 2.45) is 0 Å². The second-order valence-electron chi connectivity index (χ2n) is 4.79. The molecule has 1 aromatic rings. The van der Waals surface area contributed by atoms with Gasteiger partial charge in [0.25, 0.3) is 0 Å². The van der Waals surface area contributed by atoms with E-state index in [1.165, 1.54) is 19.3 Å². The van der Waals surface area contributed by atoms with Crippen LogP contribution in [0.15, 0.2) is 24.3 Å². The summed E-state index contributed by atoms with van der Waals surface area (Å²) in [6.45, 7) is 0.352. The zero-order valence-corrected chi connectivity index (χ0v) is 10.5. The van der Waals surface area contributed by atoms with Crippen molar-refractivity contribution in [3.63, 3.8) is 0 Å². The minimum Gasteiger partial charge on any atom is -0.508 e. The van der Waals surface area contributed by atoms with Crippen LogP contribution < -0.4 is 10.6 Å². The van der Waals surface area contributed by atoms with Gasteiger partial charge in [0, 0.05) is 18.2 Å². The fourth-order valence-electron chi connectivity index (χ4n) is 2.32. The standard InChI is InChI=1S/C14H20N2O2/c17-13-9-5-4-6-11(13)10-15-14(18)16-12-7-2-1-3-8-12/h4-6,9,12,17H,1-3,7-8,10H2,(H2,15,16,18). The van der Waals surface area contributed by atoms with Gasteiger partial charge in [0.05, 0.1) is 0 Å². The van der Waals surface area contributed by atoms with Crippen molar-refractivity contribution in [2.45, 2.75) is 44.7 Å². The van der Waals surface area contributed by atoms with E-state index in [4.69, 9.17) is 0 Å². The Bertz CT molecular complexity index is 401. The zero-order valence-electron chi connectivity index (χ0n) is 10.5. The highest BCUT2D eigenvalue weighted by Crippen LogP contribution is 2.17. The number of phenolic OH excluding ortho intramolecular Hbond substituents is 1. The van der Waals surface area contributed by atoms with Gasteiger partial charge in [-0.3, -0.25) is 0 Å². The number of carbonyl (C=O) groups is 1. The van der Waals surface area contributed by atoms with Gasteiger partial charge in [-0.25, -0.2) is 4.79 Å². The van der Waals surface area contributed by atoms with Gasteiger partial charge < -0.3 is 15.7 Å². The van der Waals surface area contributed by atoms with Crippen molar-refractivity contribution in [1.29, 1.82) is 0 Å². The number of hydrogen-bond acceptors (Lipinski definition) is 2. The van der Waals surface area contributed by atoms with E-state index in [1.807, 2.05) is 6.07 Å². The Labute approximate surface area is 107 Å². The van der Waals surface area contributed by atoms with Gasteiger partial charge >= 0.3 is 6.03 Å². The molecule has 18 heavy (non-hydrogen) atoms. The summed E-state index contributed by atoms with van der Waals surface area (Å²) in [5.41, 5.74) is 0.733. The Morgan fingerprint density at radius 3 is 2.67 bits per heavy atom. The maximum atomic E-state index is 11.7. The lowest BCUT2D eigenvalue weighted by molar-refractivity contribution is 0.232. The van der Waals surface area contributed by atoms with E-state index in [0.717, 1.165) is 18.4 Å². The molecule has 0 atom stereocenters. The van der Waals surface area contributed by atoms with Crippen LogP contribution in [0.1, 0.15) is 37.7 Å². The molecule has 2 rings (SSSR count). The number of nitrogens with one attached hydrogen (secondary N) is 2. The van der Waals surface area contributed by atoms with Crippen LogP contribution in [0.5, 0.6) is 5.75 Å². The van der Waals surface area contributed by atoms with Gasteiger partial charge in [-0.15, -0.1) is 0 Å². The quantitative estimate of drug-likeness (QED) is 0.769. The first-order chi connectivity index (χ1) is 8.75. The Morgan fingerprint density at radius 2 is 1.94 bits per heavy atom. The highest BCUT2D eigenvalue weighted by molar-refractivity contribution is 5.74. The van der Waals surface area contributed by atoms with E-state index in [-0.39, 0.29) is 11.8 Å². The van der Waals surface area contributed by atoms with Crippen LogP contribution in [-0.2, 0) is 6.54 Å². The smallest absolute Gasteiger partial charge is 0.315 e. The van der Waals surface area contributed by atoms with Crippen LogP contribution in [0.4, 0.5) is 4.79 Å². The Hall–Kier alpha value is -1.71. The summed E-state index contributed by atoms with van der Waals surface area (Å²) in [5, 5.41) is 15.3. The predicted octanol–water partition coefficient (Wildman–Crippen LogP) is 2.52. The molecule has 0 unspecified atom stereocenters. The third-order valence-corrected chi connectivity index (χ3v) is 3.37. The summed E-state index contributed by atoms with van der Waals surface area (Å²) in [6.07, 6.45) is 5.82. The van der Waals surface area contributed by atoms with Gasteiger partial charge in [-0.2, -0.15) is 0 Å². The molecule has 1 aliphatic carbocycles. The number of hydrogen-bond donors (Lipinski definition) is 3. The fourth-order valence-corrected chi connectivity index (χ4v) is 2.32.